The van der Waals surface area contributed by atoms with E-state index in [-0.39, 0.29) is 12.8 Å². The molecule has 0 aromatic heterocycles. The zero-order chi connectivity index (χ0) is 20.6. The summed E-state index contributed by atoms with van der Waals surface area (Å²) in [5, 5.41) is 0. The Morgan fingerprint density at radius 1 is 1.15 bits per heavy atom. The van der Waals surface area contributed by atoms with Gasteiger partial charge in [0.2, 0.25) is 0 Å². The molecule has 0 spiro atoms. The molecule has 1 aliphatic heterocycles. The van der Waals surface area contributed by atoms with Crippen molar-refractivity contribution in [2.24, 2.45) is 23.7 Å². The number of fused-ring (bicyclic) bond motifs is 1. The Kier molecular flexibility index (Phi) is 4.27. The lowest BCUT2D eigenvalue weighted by Gasteiger charge is -2.37. The molecule has 3 aliphatic rings. The summed E-state index contributed by atoms with van der Waals surface area (Å²) in [7, 11) is -5.85. The number of esters is 2. The molecule has 154 valence electrons. The quantitative estimate of drug-likeness (QED) is 0.412. The highest BCUT2D eigenvalue weighted by Gasteiger charge is 2.77. The highest BCUT2D eigenvalue weighted by atomic mass is 32.2. The number of hydrogen-bond acceptors (Lipinski definition) is 6. The second-order valence-corrected chi connectivity index (χ2v) is 8.35. The van der Waals surface area contributed by atoms with E-state index in [0.29, 0.717) is 0 Å². The van der Waals surface area contributed by atoms with Gasteiger partial charge in [-0.1, -0.05) is 0 Å². The van der Waals surface area contributed by atoms with Crippen LogP contribution in [0.1, 0.15) is 12.8 Å². The first kappa shape index (κ1) is 20.2. The third-order valence-corrected chi connectivity index (χ3v) is 6.11. The SMILES string of the molecule is O=C1OC2C3CC(CC13)C2C(=O)OC(CS(=O)(=O)O)(C(F)(F)F)C(F)(F)F. The van der Waals surface area contributed by atoms with Crippen LogP contribution < -0.4 is 0 Å². The summed E-state index contributed by atoms with van der Waals surface area (Å²) in [6, 6.07) is 0. The van der Waals surface area contributed by atoms with Gasteiger partial charge in [-0.15, -0.1) is 0 Å². The van der Waals surface area contributed by atoms with E-state index in [4.69, 9.17) is 9.29 Å². The van der Waals surface area contributed by atoms with Crippen molar-refractivity contribution in [1.82, 2.24) is 0 Å². The van der Waals surface area contributed by atoms with Crippen LogP contribution in [-0.4, -0.2) is 54.7 Å². The second-order valence-electron chi connectivity index (χ2n) is 6.90. The summed E-state index contributed by atoms with van der Waals surface area (Å²) in [5.41, 5.74) is -5.45. The molecule has 3 fully saturated rings. The van der Waals surface area contributed by atoms with Crippen molar-refractivity contribution in [2.45, 2.75) is 36.9 Å². The van der Waals surface area contributed by atoms with E-state index in [2.05, 4.69) is 4.74 Å². The number of carbonyl (C=O) groups excluding carboxylic acids is 2. The van der Waals surface area contributed by atoms with Crippen molar-refractivity contribution < 1.29 is 58.4 Å². The molecular weight excluding hydrogens is 414 g/mol. The fraction of sp³-hybridized carbons (Fsp3) is 0.846. The van der Waals surface area contributed by atoms with Gasteiger partial charge in [0.15, 0.2) is 0 Å². The Morgan fingerprint density at radius 2 is 1.70 bits per heavy atom. The Balaban J connectivity index is 1.95. The summed E-state index contributed by atoms with van der Waals surface area (Å²) in [6.07, 6.45) is -13.7. The summed E-state index contributed by atoms with van der Waals surface area (Å²) in [5.74, 6) is -8.94. The van der Waals surface area contributed by atoms with E-state index >= 15 is 0 Å². The van der Waals surface area contributed by atoms with Gasteiger partial charge in [0.25, 0.3) is 10.1 Å². The van der Waals surface area contributed by atoms with Gasteiger partial charge in [0, 0.05) is 5.92 Å². The highest BCUT2D eigenvalue weighted by molar-refractivity contribution is 7.85. The van der Waals surface area contributed by atoms with Gasteiger partial charge in [-0.3, -0.25) is 14.1 Å². The average Bonchev–Trinajstić information content (AvgIpc) is 3.04. The topological polar surface area (TPSA) is 107 Å². The largest absolute Gasteiger partial charge is 0.461 e. The number of hydrogen-bond donors (Lipinski definition) is 1. The number of rotatable bonds is 4. The summed E-state index contributed by atoms with van der Waals surface area (Å²) in [6.45, 7) is 0. The highest BCUT2D eigenvalue weighted by Crippen LogP contribution is 2.58. The molecule has 5 atom stereocenters. The third kappa shape index (κ3) is 3.05. The van der Waals surface area contributed by atoms with Crippen LogP contribution in [0.2, 0.25) is 0 Å². The van der Waals surface area contributed by atoms with Crippen molar-refractivity contribution in [3.8, 4) is 0 Å². The van der Waals surface area contributed by atoms with Crippen molar-refractivity contribution in [3.05, 3.63) is 0 Å². The van der Waals surface area contributed by atoms with Gasteiger partial charge < -0.3 is 9.47 Å². The number of halogens is 6. The molecule has 7 nitrogen and oxygen atoms in total. The lowest BCUT2D eigenvalue weighted by Crippen LogP contribution is -2.64. The summed E-state index contributed by atoms with van der Waals surface area (Å²) in [4.78, 5) is 23.8. The zero-order valence-corrected chi connectivity index (χ0v) is 13.9. The van der Waals surface area contributed by atoms with Crippen molar-refractivity contribution in [1.29, 1.82) is 0 Å². The van der Waals surface area contributed by atoms with Gasteiger partial charge in [-0.25, -0.2) is 0 Å². The Labute approximate surface area is 147 Å². The van der Waals surface area contributed by atoms with E-state index in [0.717, 1.165) is 0 Å². The van der Waals surface area contributed by atoms with Crippen molar-refractivity contribution in [3.63, 3.8) is 0 Å². The summed E-state index contributed by atoms with van der Waals surface area (Å²) < 4.78 is 118. The van der Waals surface area contributed by atoms with Crippen molar-refractivity contribution >= 4 is 22.1 Å². The molecule has 1 heterocycles. The molecule has 27 heavy (non-hydrogen) atoms. The number of carbonyl (C=O) groups is 2. The van der Waals surface area contributed by atoms with Gasteiger partial charge >= 0.3 is 29.9 Å². The van der Waals surface area contributed by atoms with Crippen LogP contribution in [0.3, 0.4) is 0 Å². The van der Waals surface area contributed by atoms with Crippen molar-refractivity contribution in [2.75, 3.05) is 5.75 Å². The first-order valence-corrected chi connectivity index (χ1v) is 9.20. The Bertz CT molecular complexity index is 759. The Hall–Kier alpha value is -1.57. The molecule has 5 unspecified atom stereocenters. The molecule has 0 amide bonds. The monoisotopic (exact) mass is 426 g/mol. The van der Waals surface area contributed by atoms with E-state index in [1.54, 1.807) is 0 Å². The minimum Gasteiger partial charge on any atom is -0.461 e. The normalized spacial score (nSPS) is 33.3. The first-order chi connectivity index (χ1) is 12.1. The van der Waals surface area contributed by atoms with Gasteiger partial charge in [-0.2, -0.15) is 34.8 Å². The molecule has 0 radical (unpaired) electrons. The second kappa shape index (κ2) is 5.72. The lowest BCUT2D eigenvalue weighted by molar-refractivity contribution is -0.362. The zero-order valence-electron chi connectivity index (χ0n) is 13.1. The van der Waals surface area contributed by atoms with Crippen LogP contribution in [0.4, 0.5) is 26.3 Å². The average molecular weight is 426 g/mol. The van der Waals surface area contributed by atoms with Gasteiger partial charge in [0.1, 0.15) is 11.9 Å². The van der Waals surface area contributed by atoms with E-state index in [1.165, 1.54) is 0 Å². The molecule has 2 aliphatic carbocycles. The molecule has 1 N–H and O–H groups in total. The first-order valence-electron chi connectivity index (χ1n) is 7.59. The molecular formula is C13H12F6O7S. The van der Waals surface area contributed by atoms with Crippen LogP contribution in [0.15, 0.2) is 0 Å². The molecule has 2 saturated carbocycles. The molecule has 14 heteroatoms. The minimum absolute atomic E-state index is 0.0586. The van der Waals surface area contributed by atoms with Gasteiger partial charge in [-0.05, 0) is 18.8 Å². The molecule has 2 bridgehead atoms. The standard InChI is InChI=1S/C13H12F6O7S/c14-12(15,16)11(13(17,18)19,3-27(22,23)24)26-10(21)7-4-1-5-6(2-4)9(20)25-8(5)7/h4-8H,1-3H2,(H,22,23,24). The van der Waals surface area contributed by atoms with Gasteiger partial charge in [0.05, 0.1) is 11.8 Å². The third-order valence-electron chi connectivity index (χ3n) is 5.34. The predicted octanol–water partition coefficient (Wildman–Crippen LogP) is 1.48. The maximum Gasteiger partial charge on any atom is 0.438 e. The van der Waals surface area contributed by atoms with E-state index < -0.39 is 75.5 Å². The smallest absolute Gasteiger partial charge is 0.438 e. The Morgan fingerprint density at radius 3 is 2.19 bits per heavy atom. The van der Waals surface area contributed by atoms with Crippen LogP contribution in [-0.2, 0) is 29.2 Å². The fourth-order valence-electron chi connectivity index (χ4n) is 4.25. The lowest BCUT2D eigenvalue weighted by atomic mass is 9.82. The fourth-order valence-corrected chi connectivity index (χ4v) is 5.15. The number of alkyl halides is 6. The maximum absolute atomic E-state index is 13.2. The number of ether oxygens (including phenoxy) is 2. The van der Waals surface area contributed by atoms with Crippen LogP contribution in [0, 0.1) is 23.7 Å². The van der Waals surface area contributed by atoms with E-state index in [1.807, 2.05) is 0 Å². The van der Waals surface area contributed by atoms with Crippen LogP contribution in [0.5, 0.6) is 0 Å². The molecule has 0 aromatic rings. The molecule has 3 rings (SSSR count). The van der Waals surface area contributed by atoms with Crippen LogP contribution in [0.25, 0.3) is 0 Å². The maximum atomic E-state index is 13.2. The molecule has 1 saturated heterocycles. The van der Waals surface area contributed by atoms with Crippen LogP contribution >= 0.6 is 0 Å². The minimum atomic E-state index is -6.39. The molecule has 0 aromatic carbocycles. The predicted molar refractivity (Wildman–Crippen MR) is 70.4 cm³/mol. The summed E-state index contributed by atoms with van der Waals surface area (Å²) >= 11 is 0. The van der Waals surface area contributed by atoms with E-state index in [9.17, 15) is 44.3 Å².